The Balaban J connectivity index is 2.30. The lowest BCUT2D eigenvalue weighted by Crippen LogP contribution is -2.18. The molecule has 0 saturated carbocycles. The van der Waals surface area contributed by atoms with Crippen molar-refractivity contribution in [2.75, 3.05) is 0 Å². The van der Waals surface area contributed by atoms with Crippen molar-refractivity contribution in [2.24, 2.45) is 11.8 Å². The third-order valence-electron chi connectivity index (χ3n) is 4.65. The number of hydrogen-bond donors (Lipinski definition) is 0. The van der Waals surface area contributed by atoms with E-state index in [1.807, 2.05) is 0 Å². The van der Waals surface area contributed by atoms with Gasteiger partial charge in [0.1, 0.15) is 0 Å². The number of carbonyl (C=O) groups excluding carboxylic acids is 2. The second-order valence-corrected chi connectivity index (χ2v) is 6.75. The van der Waals surface area contributed by atoms with E-state index < -0.39 is 0 Å². The van der Waals surface area contributed by atoms with Crippen LogP contribution < -0.4 is 0 Å². The van der Waals surface area contributed by atoms with Gasteiger partial charge in [-0.05, 0) is 18.8 Å². The van der Waals surface area contributed by atoms with E-state index >= 15 is 0 Å². The number of rotatable bonds is 13. The molecule has 0 aromatic carbocycles. The fourth-order valence-electron chi connectivity index (χ4n) is 3.20. The molecule has 0 spiro atoms. The minimum absolute atomic E-state index is 0.167. The normalized spacial score (nSPS) is 19.5. The molecule has 23 heavy (non-hydrogen) atoms. The second kappa shape index (κ2) is 12.3. The van der Waals surface area contributed by atoms with E-state index in [-0.39, 0.29) is 30.2 Å². The molecular weight excluding hydrogens is 288 g/mol. The molecule has 3 nitrogen and oxygen atoms in total. The summed E-state index contributed by atoms with van der Waals surface area (Å²) in [6, 6.07) is 0. The monoisotopic (exact) mass is 322 g/mol. The summed E-state index contributed by atoms with van der Waals surface area (Å²) in [7, 11) is 0. The van der Waals surface area contributed by atoms with Gasteiger partial charge in [-0.25, -0.2) is 0 Å². The summed E-state index contributed by atoms with van der Waals surface area (Å²) >= 11 is 0. The van der Waals surface area contributed by atoms with Crippen molar-refractivity contribution in [3.63, 3.8) is 0 Å². The van der Waals surface area contributed by atoms with Gasteiger partial charge in [0.25, 0.3) is 0 Å². The highest BCUT2D eigenvalue weighted by Gasteiger charge is 2.37. The van der Waals surface area contributed by atoms with Crippen molar-refractivity contribution in [2.45, 2.75) is 90.9 Å². The van der Waals surface area contributed by atoms with Crippen molar-refractivity contribution < 1.29 is 14.3 Å². The molecule has 1 fully saturated rings. The zero-order valence-corrected chi connectivity index (χ0v) is 15.0. The maximum Gasteiger partial charge on any atom is 0.317 e. The topological polar surface area (TPSA) is 43.4 Å². The molecule has 0 aromatic rings. The first-order chi connectivity index (χ1) is 11.2. The van der Waals surface area contributed by atoms with Crippen LogP contribution in [0.25, 0.3) is 0 Å². The third kappa shape index (κ3) is 8.34. The number of unbranched alkanes of at least 4 members (excludes halogenated alkanes) is 8. The minimum Gasteiger partial charge on any atom is -0.393 e. The zero-order valence-electron chi connectivity index (χ0n) is 15.0. The Bertz CT molecular complexity index is 373. The highest BCUT2D eigenvalue weighted by Crippen LogP contribution is 2.30. The molecule has 1 rings (SSSR count). The van der Waals surface area contributed by atoms with Crippen molar-refractivity contribution in [3.8, 4) is 0 Å². The summed E-state index contributed by atoms with van der Waals surface area (Å²) in [4.78, 5) is 23.2. The van der Waals surface area contributed by atoms with E-state index in [4.69, 9.17) is 4.74 Å². The van der Waals surface area contributed by atoms with E-state index in [1.54, 1.807) is 0 Å². The van der Waals surface area contributed by atoms with E-state index in [1.165, 1.54) is 44.9 Å². The van der Waals surface area contributed by atoms with Crippen LogP contribution in [0.1, 0.15) is 90.9 Å². The molecule has 0 radical (unpaired) electrons. The van der Waals surface area contributed by atoms with Gasteiger partial charge in [-0.15, -0.1) is 0 Å². The molecule has 0 amide bonds. The van der Waals surface area contributed by atoms with Crippen molar-refractivity contribution in [1.82, 2.24) is 0 Å². The number of hydrogen-bond acceptors (Lipinski definition) is 3. The summed E-state index contributed by atoms with van der Waals surface area (Å²) in [6.45, 7) is 4.39. The average Bonchev–Trinajstić information content (AvgIpc) is 2.86. The van der Waals surface area contributed by atoms with Gasteiger partial charge >= 0.3 is 11.9 Å². The Kier molecular flexibility index (Phi) is 10.7. The zero-order chi connectivity index (χ0) is 16.9. The van der Waals surface area contributed by atoms with Gasteiger partial charge in [0.2, 0.25) is 0 Å². The lowest BCUT2D eigenvalue weighted by Gasteiger charge is -2.16. The number of allylic oxidation sites excluding steroid dienone is 2. The van der Waals surface area contributed by atoms with E-state index in [9.17, 15) is 9.59 Å². The fraction of sp³-hybridized carbons (Fsp3) is 0.800. The van der Waals surface area contributed by atoms with Crippen LogP contribution >= 0.6 is 0 Å². The highest BCUT2D eigenvalue weighted by atomic mass is 16.6. The molecule has 3 heteroatoms. The Labute approximate surface area is 141 Å². The van der Waals surface area contributed by atoms with E-state index in [0.29, 0.717) is 0 Å². The van der Waals surface area contributed by atoms with Gasteiger partial charge in [-0.2, -0.15) is 0 Å². The molecule has 0 N–H and O–H groups in total. The van der Waals surface area contributed by atoms with Crippen LogP contribution in [0.2, 0.25) is 0 Å². The minimum atomic E-state index is -0.357. The number of carbonyl (C=O) groups is 2. The van der Waals surface area contributed by atoms with Crippen LogP contribution in [0.3, 0.4) is 0 Å². The first-order valence-corrected chi connectivity index (χ1v) is 9.60. The lowest BCUT2D eigenvalue weighted by molar-refractivity contribution is -0.153. The molecule has 2 atom stereocenters. The fourth-order valence-corrected chi connectivity index (χ4v) is 3.20. The van der Waals surface area contributed by atoms with Crippen LogP contribution in [-0.2, 0) is 14.3 Å². The van der Waals surface area contributed by atoms with Crippen LogP contribution in [-0.4, -0.2) is 11.9 Å². The van der Waals surface area contributed by atoms with Gasteiger partial charge < -0.3 is 4.74 Å². The largest absolute Gasteiger partial charge is 0.393 e. The lowest BCUT2D eigenvalue weighted by atomic mass is 9.86. The molecule has 132 valence electrons. The summed E-state index contributed by atoms with van der Waals surface area (Å²) in [5.74, 6) is -0.758. The van der Waals surface area contributed by atoms with Crippen LogP contribution in [0.5, 0.6) is 0 Å². The van der Waals surface area contributed by atoms with Gasteiger partial charge in [0.05, 0.1) is 12.3 Å². The summed E-state index contributed by atoms with van der Waals surface area (Å²) < 4.78 is 4.73. The van der Waals surface area contributed by atoms with Gasteiger partial charge in [0.15, 0.2) is 0 Å². The van der Waals surface area contributed by atoms with E-state index in [2.05, 4.69) is 26.0 Å². The maximum atomic E-state index is 11.8. The molecule has 1 heterocycles. The predicted octanol–water partition coefficient (Wildman–Crippen LogP) is 5.58. The van der Waals surface area contributed by atoms with Gasteiger partial charge in [0, 0.05) is 0 Å². The molecule has 0 aliphatic carbocycles. The number of cyclic esters (lactones) is 2. The molecule has 1 saturated heterocycles. The van der Waals surface area contributed by atoms with E-state index in [0.717, 1.165) is 25.7 Å². The van der Waals surface area contributed by atoms with Gasteiger partial charge in [-0.3, -0.25) is 9.59 Å². The SMILES string of the molecule is CCC/C=C/C(CCCCCCCCCC)C1CC(=O)OC1=O. The third-order valence-corrected chi connectivity index (χ3v) is 4.65. The molecular formula is C20H34O3. The molecule has 2 unspecified atom stereocenters. The van der Waals surface area contributed by atoms with Crippen LogP contribution in [0.15, 0.2) is 12.2 Å². The maximum absolute atomic E-state index is 11.8. The smallest absolute Gasteiger partial charge is 0.317 e. The molecule has 0 aromatic heterocycles. The van der Waals surface area contributed by atoms with Crippen LogP contribution in [0, 0.1) is 11.8 Å². The Morgan fingerprint density at radius 3 is 2.22 bits per heavy atom. The van der Waals surface area contributed by atoms with Crippen LogP contribution in [0.4, 0.5) is 0 Å². The standard InChI is InChI=1S/C20H34O3/c1-3-5-7-8-9-10-11-13-15-17(14-12-6-4-2)18-16-19(21)23-20(18)22/h12,14,17-18H,3-11,13,15-16H2,1-2H3/b14-12+. The predicted molar refractivity (Wildman–Crippen MR) is 94.0 cm³/mol. The Hall–Kier alpha value is -1.12. The molecule has 0 bridgehead atoms. The summed E-state index contributed by atoms with van der Waals surface area (Å²) in [5, 5.41) is 0. The quantitative estimate of drug-likeness (QED) is 0.192. The van der Waals surface area contributed by atoms with Crippen molar-refractivity contribution in [1.29, 1.82) is 0 Å². The highest BCUT2D eigenvalue weighted by molar-refractivity contribution is 5.94. The summed E-state index contributed by atoms with van der Waals surface area (Å²) in [6.07, 6.45) is 18.0. The average molecular weight is 322 g/mol. The Morgan fingerprint density at radius 1 is 1.00 bits per heavy atom. The first-order valence-electron chi connectivity index (χ1n) is 9.60. The molecule has 1 aliphatic rings. The second-order valence-electron chi connectivity index (χ2n) is 6.75. The van der Waals surface area contributed by atoms with Gasteiger partial charge in [-0.1, -0.05) is 83.8 Å². The first kappa shape index (κ1) is 19.9. The number of ether oxygens (including phenoxy) is 1. The number of esters is 2. The summed E-state index contributed by atoms with van der Waals surface area (Å²) in [5.41, 5.74) is 0. The molecule has 1 aliphatic heterocycles. The van der Waals surface area contributed by atoms with Crippen molar-refractivity contribution >= 4 is 11.9 Å². The van der Waals surface area contributed by atoms with Crippen molar-refractivity contribution in [3.05, 3.63) is 12.2 Å². The Morgan fingerprint density at radius 2 is 1.65 bits per heavy atom.